The smallest absolute Gasteiger partial charge is 0.311 e. The molecule has 4 atom stereocenters. The highest BCUT2D eigenvalue weighted by atomic mass is 16.5. The van der Waals surface area contributed by atoms with Gasteiger partial charge in [-0.1, -0.05) is 37.1 Å². The van der Waals surface area contributed by atoms with Crippen LogP contribution in [0.15, 0.2) is 23.8 Å². The van der Waals surface area contributed by atoms with Crippen LogP contribution >= 0.6 is 0 Å². The number of rotatable bonds is 5. The van der Waals surface area contributed by atoms with Crippen molar-refractivity contribution in [1.29, 1.82) is 0 Å². The van der Waals surface area contributed by atoms with Crippen LogP contribution in [-0.2, 0) is 9.53 Å². The van der Waals surface area contributed by atoms with E-state index in [1.165, 1.54) is 18.3 Å². The lowest BCUT2D eigenvalue weighted by Crippen LogP contribution is -2.53. The first-order valence-corrected chi connectivity index (χ1v) is 9.32. The maximum Gasteiger partial charge on any atom is 0.311 e. The highest BCUT2D eigenvalue weighted by Gasteiger charge is 2.57. The summed E-state index contributed by atoms with van der Waals surface area (Å²) in [7, 11) is 1.52. The molecule has 1 N–H and O–H groups in total. The summed E-state index contributed by atoms with van der Waals surface area (Å²) in [6.07, 6.45) is 9.17. The van der Waals surface area contributed by atoms with E-state index >= 15 is 0 Å². The summed E-state index contributed by atoms with van der Waals surface area (Å²) in [6, 6.07) is 0. The second-order valence-corrected chi connectivity index (χ2v) is 8.34. The van der Waals surface area contributed by atoms with Crippen LogP contribution in [0.3, 0.4) is 0 Å². The van der Waals surface area contributed by atoms with E-state index in [1.807, 2.05) is 6.08 Å². The summed E-state index contributed by atoms with van der Waals surface area (Å²) >= 11 is 0. The molecular weight excluding hydrogens is 300 g/mol. The predicted octanol–water partition coefficient (Wildman–Crippen LogP) is 4.66. The van der Waals surface area contributed by atoms with Crippen LogP contribution < -0.4 is 0 Å². The number of allylic oxidation sites excluding steroid dienone is 2. The zero-order chi connectivity index (χ0) is 18.0. The molecule has 0 amide bonds. The van der Waals surface area contributed by atoms with E-state index in [4.69, 9.17) is 9.84 Å². The number of esters is 1. The number of hydrogen-bond donors (Lipinski definition) is 1. The van der Waals surface area contributed by atoms with Gasteiger partial charge in [0.1, 0.15) is 0 Å². The molecule has 2 rings (SSSR count). The summed E-state index contributed by atoms with van der Waals surface area (Å²) in [6.45, 7) is 11.1. The quantitative estimate of drug-likeness (QED) is 0.587. The molecule has 0 bridgehead atoms. The first-order valence-electron chi connectivity index (χ1n) is 9.32. The maximum atomic E-state index is 12.5. The second-order valence-electron chi connectivity index (χ2n) is 8.34. The molecule has 136 valence electrons. The standard InChI is InChI=1S/C21H34O3/c1-15(11-14-22)7-9-17-16(2)8-10-18-20(17,3)12-6-13-21(18,4)19(23)24-5/h11,17-18,22H,2,6-10,12-14H2,1,3-5H3. The number of fused-ring (bicyclic) bond motifs is 1. The average Bonchev–Trinajstić information content (AvgIpc) is 2.53. The summed E-state index contributed by atoms with van der Waals surface area (Å²) in [5.74, 6) is 0.771. The van der Waals surface area contributed by atoms with Crippen LogP contribution in [0.25, 0.3) is 0 Å². The molecule has 24 heavy (non-hydrogen) atoms. The Hall–Kier alpha value is -1.09. The minimum Gasteiger partial charge on any atom is -0.469 e. The molecule has 0 aromatic carbocycles. The lowest BCUT2D eigenvalue weighted by molar-refractivity contribution is -0.168. The Morgan fingerprint density at radius 3 is 2.75 bits per heavy atom. The monoisotopic (exact) mass is 334 g/mol. The van der Waals surface area contributed by atoms with Crippen LogP contribution in [0.5, 0.6) is 0 Å². The molecular formula is C21H34O3. The van der Waals surface area contributed by atoms with Crippen molar-refractivity contribution in [3.05, 3.63) is 23.8 Å². The van der Waals surface area contributed by atoms with Gasteiger partial charge in [-0.25, -0.2) is 0 Å². The van der Waals surface area contributed by atoms with Gasteiger partial charge in [-0.3, -0.25) is 4.79 Å². The molecule has 3 nitrogen and oxygen atoms in total. The van der Waals surface area contributed by atoms with Gasteiger partial charge < -0.3 is 9.84 Å². The molecule has 0 heterocycles. The zero-order valence-corrected chi connectivity index (χ0v) is 15.9. The molecule has 3 heteroatoms. The lowest BCUT2D eigenvalue weighted by Gasteiger charge is -2.57. The van der Waals surface area contributed by atoms with Crippen molar-refractivity contribution in [2.45, 2.75) is 65.7 Å². The van der Waals surface area contributed by atoms with Crippen LogP contribution in [-0.4, -0.2) is 24.8 Å². The van der Waals surface area contributed by atoms with Crippen molar-refractivity contribution in [1.82, 2.24) is 0 Å². The van der Waals surface area contributed by atoms with Gasteiger partial charge in [-0.15, -0.1) is 0 Å². The molecule has 0 aromatic rings. The van der Waals surface area contributed by atoms with Crippen molar-refractivity contribution < 1.29 is 14.6 Å². The number of methoxy groups -OCH3 is 1. The molecule has 2 aliphatic carbocycles. The molecule has 2 fully saturated rings. The third-order valence-electron chi connectivity index (χ3n) is 6.94. The number of aliphatic hydroxyl groups excluding tert-OH is 1. The Morgan fingerprint density at radius 2 is 2.12 bits per heavy atom. The van der Waals surface area contributed by atoms with Crippen LogP contribution in [0, 0.1) is 22.7 Å². The molecule has 0 saturated heterocycles. The summed E-state index contributed by atoms with van der Waals surface area (Å²) in [5.41, 5.74) is 2.34. The van der Waals surface area contributed by atoms with Crippen LogP contribution in [0.4, 0.5) is 0 Å². The molecule has 4 unspecified atom stereocenters. The van der Waals surface area contributed by atoms with Crippen LogP contribution in [0.2, 0.25) is 0 Å². The van der Waals surface area contributed by atoms with E-state index in [9.17, 15) is 4.79 Å². The number of carbonyl (C=O) groups excluding carboxylic acids is 1. The molecule has 2 saturated carbocycles. The molecule has 2 aliphatic rings. The first kappa shape index (κ1) is 19.2. The zero-order valence-electron chi connectivity index (χ0n) is 15.9. The van der Waals surface area contributed by atoms with E-state index in [0.29, 0.717) is 11.8 Å². The Kier molecular flexibility index (Phi) is 5.95. The third-order valence-corrected chi connectivity index (χ3v) is 6.94. The summed E-state index contributed by atoms with van der Waals surface area (Å²) in [5, 5.41) is 9.08. The van der Waals surface area contributed by atoms with E-state index < -0.39 is 0 Å². The number of ether oxygens (including phenoxy) is 1. The van der Waals surface area contributed by atoms with Crippen molar-refractivity contribution in [3.63, 3.8) is 0 Å². The maximum absolute atomic E-state index is 12.5. The van der Waals surface area contributed by atoms with Gasteiger partial charge in [0.15, 0.2) is 0 Å². The topological polar surface area (TPSA) is 46.5 Å². The number of aliphatic hydroxyl groups is 1. The molecule has 0 aromatic heterocycles. The van der Waals surface area contributed by atoms with Gasteiger partial charge in [0.2, 0.25) is 0 Å². The lowest BCUT2D eigenvalue weighted by atomic mass is 9.46. The Bertz CT molecular complexity index is 521. The van der Waals surface area contributed by atoms with Gasteiger partial charge in [-0.2, -0.15) is 0 Å². The van der Waals surface area contributed by atoms with Crippen LogP contribution in [0.1, 0.15) is 65.7 Å². The van der Waals surface area contributed by atoms with Gasteiger partial charge in [0.05, 0.1) is 19.1 Å². The fourth-order valence-electron chi connectivity index (χ4n) is 5.59. The van der Waals surface area contributed by atoms with Gasteiger partial charge >= 0.3 is 5.97 Å². The van der Waals surface area contributed by atoms with E-state index in [2.05, 4.69) is 27.4 Å². The summed E-state index contributed by atoms with van der Waals surface area (Å²) in [4.78, 5) is 12.5. The highest BCUT2D eigenvalue weighted by molar-refractivity contribution is 5.77. The minimum atomic E-state index is -0.364. The van der Waals surface area contributed by atoms with Gasteiger partial charge in [-0.05, 0) is 69.6 Å². The van der Waals surface area contributed by atoms with Crippen molar-refractivity contribution >= 4 is 5.97 Å². The van der Waals surface area contributed by atoms with E-state index in [1.54, 1.807) is 0 Å². The fraction of sp³-hybridized carbons (Fsp3) is 0.762. The number of carbonyl (C=O) groups is 1. The van der Waals surface area contributed by atoms with E-state index in [-0.39, 0.29) is 23.4 Å². The Labute approximate surface area is 147 Å². The van der Waals surface area contributed by atoms with Crippen molar-refractivity contribution in [2.75, 3.05) is 13.7 Å². The van der Waals surface area contributed by atoms with Gasteiger partial charge in [0, 0.05) is 0 Å². The highest BCUT2D eigenvalue weighted by Crippen LogP contribution is 2.62. The molecule has 0 aliphatic heterocycles. The third kappa shape index (κ3) is 3.33. The largest absolute Gasteiger partial charge is 0.469 e. The predicted molar refractivity (Wildman–Crippen MR) is 97.5 cm³/mol. The van der Waals surface area contributed by atoms with E-state index in [0.717, 1.165) is 44.9 Å². The molecule has 0 spiro atoms. The van der Waals surface area contributed by atoms with Crippen molar-refractivity contribution in [3.8, 4) is 0 Å². The van der Waals surface area contributed by atoms with Gasteiger partial charge in [0.25, 0.3) is 0 Å². The SMILES string of the molecule is C=C1CCC2C(C)(C(=O)OC)CCCC2(C)C1CCC(C)=CCO. The first-order chi connectivity index (χ1) is 11.3. The van der Waals surface area contributed by atoms with Crippen molar-refractivity contribution in [2.24, 2.45) is 22.7 Å². The fourth-order valence-corrected chi connectivity index (χ4v) is 5.59. The Morgan fingerprint density at radius 1 is 1.42 bits per heavy atom. The molecule has 0 radical (unpaired) electrons. The Balaban J connectivity index is 2.27. The summed E-state index contributed by atoms with van der Waals surface area (Å²) < 4.78 is 5.18. The normalized spacial score (nSPS) is 37.0. The second kappa shape index (κ2) is 7.43. The number of hydrogen-bond acceptors (Lipinski definition) is 3. The minimum absolute atomic E-state index is 0.0407. The average molecular weight is 335 g/mol.